The molecule has 0 aromatic heterocycles. The molecule has 4 unspecified atom stereocenters. The van der Waals surface area contributed by atoms with Crippen LogP contribution in [-0.2, 0) is 0 Å². The quantitative estimate of drug-likeness (QED) is 0.528. The summed E-state index contributed by atoms with van der Waals surface area (Å²) in [5.74, 6) is 5.13. The van der Waals surface area contributed by atoms with Crippen LogP contribution in [0.2, 0.25) is 0 Å². The van der Waals surface area contributed by atoms with Crippen molar-refractivity contribution < 1.29 is 0 Å². The molecular formula is C16H34. The molecule has 4 atom stereocenters. The van der Waals surface area contributed by atoms with Gasteiger partial charge in [0, 0.05) is 0 Å². The predicted molar refractivity (Wildman–Crippen MR) is 75.6 cm³/mol. The maximum Gasteiger partial charge on any atom is -0.0394 e. The first kappa shape index (κ1) is 16.0. The molecular weight excluding hydrogens is 192 g/mol. The van der Waals surface area contributed by atoms with E-state index in [4.69, 9.17) is 0 Å². The minimum Gasteiger partial charge on any atom is -0.0625 e. The summed E-state index contributed by atoms with van der Waals surface area (Å²) in [5, 5.41) is 0. The molecule has 0 aliphatic rings. The molecule has 0 rings (SSSR count). The summed E-state index contributed by atoms with van der Waals surface area (Å²) in [6.45, 7) is 19.1. The van der Waals surface area contributed by atoms with Gasteiger partial charge in [0.1, 0.15) is 0 Å². The van der Waals surface area contributed by atoms with Gasteiger partial charge in [0.2, 0.25) is 0 Å². The van der Waals surface area contributed by atoms with Gasteiger partial charge in [-0.1, -0.05) is 68.2 Å². The van der Waals surface area contributed by atoms with Gasteiger partial charge in [0.05, 0.1) is 0 Å². The Bertz CT molecular complexity index is 149. The molecule has 0 saturated carbocycles. The molecule has 0 heterocycles. The zero-order chi connectivity index (χ0) is 12.9. The van der Waals surface area contributed by atoms with Crippen LogP contribution < -0.4 is 0 Å². The van der Waals surface area contributed by atoms with Crippen molar-refractivity contribution in [3.63, 3.8) is 0 Å². The van der Waals surface area contributed by atoms with E-state index in [-0.39, 0.29) is 0 Å². The molecule has 0 N–H and O–H groups in total. The Labute approximate surface area is 104 Å². The fraction of sp³-hybridized carbons (Fsp3) is 1.00. The lowest BCUT2D eigenvalue weighted by Gasteiger charge is -2.28. The van der Waals surface area contributed by atoms with Crippen LogP contribution in [0.1, 0.15) is 68.2 Å². The maximum atomic E-state index is 2.43. The Morgan fingerprint density at radius 2 is 0.750 bits per heavy atom. The van der Waals surface area contributed by atoms with Crippen LogP contribution >= 0.6 is 0 Å². The number of hydrogen-bond donors (Lipinski definition) is 0. The van der Waals surface area contributed by atoms with Gasteiger partial charge in [0.25, 0.3) is 0 Å². The second-order valence-electron chi connectivity index (χ2n) is 6.74. The monoisotopic (exact) mass is 226 g/mol. The van der Waals surface area contributed by atoms with Gasteiger partial charge in [-0.05, 0) is 35.5 Å². The molecule has 0 bridgehead atoms. The molecule has 16 heavy (non-hydrogen) atoms. The second kappa shape index (κ2) is 7.35. The molecule has 0 aromatic rings. The molecule has 0 aliphatic heterocycles. The van der Waals surface area contributed by atoms with E-state index in [1.807, 2.05) is 0 Å². The smallest absolute Gasteiger partial charge is 0.0394 e. The zero-order valence-electron chi connectivity index (χ0n) is 12.9. The molecule has 0 amide bonds. The molecule has 0 heteroatoms. The number of hydrogen-bond acceptors (Lipinski definition) is 0. The molecule has 0 aliphatic carbocycles. The summed E-state index contributed by atoms with van der Waals surface area (Å²) in [6, 6.07) is 0. The highest BCUT2D eigenvalue weighted by atomic mass is 14.3. The third-order valence-electron chi connectivity index (χ3n) is 4.98. The van der Waals surface area contributed by atoms with E-state index in [9.17, 15) is 0 Å². The SMILES string of the molecule is CC(C)C(C)C(C)CCC(C)C(C)C(C)C. The highest BCUT2D eigenvalue weighted by molar-refractivity contribution is 4.70. The average molecular weight is 226 g/mol. The van der Waals surface area contributed by atoms with Crippen molar-refractivity contribution in [2.75, 3.05) is 0 Å². The van der Waals surface area contributed by atoms with Gasteiger partial charge in [0.15, 0.2) is 0 Å². The Kier molecular flexibility index (Phi) is 7.35. The van der Waals surface area contributed by atoms with Crippen molar-refractivity contribution in [3.8, 4) is 0 Å². The van der Waals surface area contributed by atoms with Gasteiger partial charge < -0.3 is 0 Å². The lowest BCUT2D eigenvalue weighted by Crippen LogP contribution is -2.18. The molecule has 0 spiro atoms. The topological polar surface area (TPSA) is 0 Å². The van der Waals surface area contributed by atoms with Crippen molar-refractivity contribution in [3.05, 3.63) is 0 Å². The van der Waals surface area contributed by atoms with Gasteiger partial charge >= 0.3 is 0 Å². The minimum absolute atomic E-state index is 0.827. The van der Waals surface area contributed by atoms with Crippen molar-refractivity contribution in [1.82, 2.24) is 0 Å². The lowest BCUT2D eigenvalue weighted by atomic mass is 9.78. The van der Waals surface area contributed by atoms with Gasteiger partial charge in [-0.2, -0.15) is 0 Å². The van der Waals surface area contributed by atoms with Crippen molar-refractivity contribution >= 4 is 0 Å². The van der Waals surface area contributed by atoms with E-state index in [1.165, 1.54) is 12.8 Å². The summed E-state index contributed by atoms with van der Waals surface area (Å²) in [6.07, 6.45) is 2.80. The molecule has 0 fully saturated rings. The lowest BCUT2D eigenvalue weighted by molar-refractivity contribution is 0.227. The first-order chi connectivity index (χ1) is 7.27. The zero-order valence-corrected chi connectivity index (χ0v) is 12.9. The summed E-state index contributed by atoms with van der Waals surface area (Å²) in [4.78, 5) is 0. The first-order valence-electron chi connectivity index (χ1n) is 7.27. The van der Waals surface area contributed by atoms with Gasteiger partial charge in [-0.15, -0.1) is 0 Å². The molecule has 0 saturated heterocycles. The van der Waals surface area contributed by atoms with Crippen LogP contribution in [0, 0.1) is 35.5 Å². The fourth-order valence-electron chi connectivity index (χ4n) is 2.37. The highest BCUT2D eigenvalue weighted by Crippen LogP contribution is 2.29. The summed E-state index contributed by atoms with van der Waals surface area (Å²) >= 11 is 0. The molecule has 0 radical (unpaired) electrons. The summed E-state index contributed by atoms with van der Waals surface area (Å²) in [5.41, 5.74) is 0. The van der Waals surface area contributed by atoms with Crippen LogP contribution in [0.25, 0.3) is 0 Å². The third kappa shape index (κ3) is 5.37. The van der Waals surface area contributed by atoms with E-state index >= 15 is 0 Å². The second-order valence-corrected chi connectivity index (χ2v) is 6.74. The largest absolute Gasteiger partial charge is 0.0625 e. The average Bonchev–Trinajstić information content (AvgIpc) is 2.22. The molecule has 98 valence electrons. The number of rotatable bonds is 7. The van der Waals surface area contributed by atoms with Crippen molar-refractivity contribution in [2.45, 2.75) is 68.2 Å². The minimum atomic E-state index is 0.827. The van der Waals surface area contributed by atoms with E-state index in [2.05, 4.69) is 55.4 Å². The Balaban J connectivity index is 3.96. The van der Waals surface area contributed by atoms with Crippen molar-refractivity contribution in [1.29, 1.82) is 0 Å². The van der Waals surface area contributed by atoms with Crippen LogP contribution in [0.3, 0.4) is 0 Å². The summed E-state index contributed by atoms with van der Waals surface area (Å²) < 4.78 is 0. The van der Waals surface area contributed by atoms with E-state index in [1.54, 1.807) is 0 Å². The van der Waals surface area contributed by atoms with Crippen LogP contribution in [0.15, 0.2) is 0 Å². The predicted octanol–water partition coefficient (Wildman–Crippen LogP) is 5.62. The van der Waals surface area contributed by atoms with E-state index in [0.717, 1.165) is 35.5 Å². The Morgan fingerprint density at radius 3 is 0.938 bits per heavy atom. The van der Waals surface area contributed by atoms with Crippen molar-refractivity contribution in [2.24, 2.45) is 35.5 Å². The van der Waals surface area contributed by atoms with Gasteiger partial charge in [-0.25, -0.2) is 0 Å². The summed E-state index contributed by atoms with van der Waals surface area (Å²) in [7, 11) is 0. The van der Waals surface area contributed by atoms with E-state index in [0.29, 0.717) is 0 Å². The van der Waals surface area contributed by atoms with Gasteiger partial charge in [-0.3, -0.25) is 0 Å². The Morgan fingerprint density at radius 1 is 0.500 bits per heavy atom. The maximum absolute atomic E-state index is 2.43. The van der Waals surface area contributed by atoms with Crippen LogP contribution in [0.5, 0.6) is 0 Å². The van der Waals surface area contributed by atoms with E-state index < -0.39 is 0 Å². The Hall–Kier alpha value is 0. The molecule has 0 nitrogen and oxygen atoms in total. The van der Waals surface area contributed by atoms with Crippen LogP contribution in [-0.4, -0.2) is 0 Å². The standard InChI is InChI=1S/C16H34/c1-11(2)15(7)13(5)9-10-14(6)16(8)12(3)4/h11-16H,9-10H2,1-8H3. The normalized spacial score (nSPS) is 19.9. The molecule has 0 aromatic carbocycles. The third-order valence-corrected chi connectivity index (χ3v) is 4.98. The highest BCUT2D eigenvalue weighted by Gasteiger charge is 2.19. The first-order valence-corrected chi connectivity index (χ1v) is 7.27. The fourth-order valence-corrected chi connectivity index (χ4v) is 2.37. The van der Waals surface area contributed by atoms with Crippen LogP contribution in [0.4, 0.5) is 0 Å².